The summed E-state index contributed by atoms with van der Waals surface area (Å²) in [6, 6.07) is 0. The number of unbranched alkanes of at least 4 members (excludes halogenated alkanes) is 37. The van der Waals surface area contributed by atoms with Gasteiger partial charge < -0.3 is 33.8 Å². The molecule has 5 unspecified atom stereocenters. The molecule has 5 atom stereocenters. The lowest BCUT2D eigenvalue weighted by Crippen LogP contribution is -2.30. The average Bonchev–Trinajstić information content (AvgIpc) is 0.923. The molecule has 0 amide bonds. The SMILES string of the molecule is CCCCCC=CCC=CCCCCCCCCCC(=O)OCC(COP(=O)(O)OCC(O)COP(=O)(O)OCC(COC(=O)CCCCCCCC=CCC=CCCCCC)OC(=O)CCCCCCCC=CCCCCCCCC)OC(=O)CCCCCCCC=CCC=CCCCCC. The van der Waals surface area contributed by atoms with Crippen molar-refractivity contribution >= 4 is 39.5 Å². The molecular weight excluding hydrogens is 1330 g/mol. The Hall–Kier alpha value is -3.76. The summed E-state index contributed by atoms with van der Waals surface area (Å²) < 4.78 is 68.6. The van der Waals surface area contributed by atoms with Crippen LogP contribution >= 0.6 is 15.6 Å². The molecule has 0 aromatic rings. The Morgan fingerprint density at radius 1 is 0.275 bits per heavy atom. The van der Waals surface area contributed by atoms with Crippen LogP contribution in [0.4, 0.5) is 0 Å². The maximum Gasteiger partial charge on any atom is 0.472 e. The molecule has 102 heavy (non-hydrogen) atoms. The summed E-state index contributed by atoms with van der Waals surface area (Å²) >= 11 is 0. The number of aliphatic hydroxyl groups excluding tert-OH is 1. The van der Waals surface area contributed by atoms with E-state index in [9.17, 15) is 43.2 Å². The molecule has 0 aromatic carbocycles. The number of rotatable bonds is 77. The molecule has 592 valence electrons. The maximum absolute atomic E-state index is 13.1. The van der Waals surface area contributed by atoms with Crippen LogP contribution in [0.2, 0.25) is 0 Å². The molecule has 0 saturated heterocycles. The first-order valence-corrected chi connectivity index (χ1v) is 43.8. The van der Waals surface area contributed by atoms with Gasteiger partial charge in [-0.2, -0.15) is 0 Å². The quantitative estimate of drug-likeness (QED) is 0.0169. The molecule has 0 aromatic heterocycles. The summed E-state index contributed by atoms with van der Waals surface area (Å²) in [5, 5.41) is 10.6. The fourth-order valence-electron chi connectivity index (χ4n) is 11.0. The second kappa shape index (κ2) is 75.5. The van der Waals surface area contributed by atoms with Gasteiger partial charge in [0.15, 0.2) is 12.2 Å². The highest BCUT2D eigenvalue weighted by molar-refractivity contribution is 7.47. The smallest absolute Gasteiger partial charge is 0.462 e. The van der Waals surface area contributed by atoms with Crippen LogP contribution in [0.5, 0.6) is 0 Å². The normalized spacial score (nSPS) is 14.3. The molecule has 0 fully saturated rings. The average molecular weight is 1480 g/mol. The number of carbonyl (C=O) groups excluding carboxylic acids is 4. The molecule has 0 heterocycles. The van der Waals surface area contributed by atoms with E-state index in [1.165, 1.54) is 96.3 Å². The Kier molecular flexibility index (Phi) is 72.7. The number of carbonyl (C=O) groups is 4. The van der Waals surface area contributed by atoms with Crippen molar-refractivity contribution in [2.75, 3.05) is 39.6 Å². The van der Waals surface area contributed by atoms with Gasteiger partial charge in [0.2, 0.25) is 0 Å². The van der Waals surface area contributed by atoms with E-state index in [1.54, 1.807) is 0 Å². The van der Waals surface area contributed by atoms with E-state index in [0.29, 0.717) is 25.7 Å². The molecule has 0 saturated carbocycles. The molecule has 0 radical (unpaired) electrons. The van der Waals surface area contributed by atoms with E-state index in [1.807, 2.05) is 0 Å². The highest BCUT2D eigenvalue weighted by Gasteiger charge is 2.30. The van der Waals surface area contributed by atoms with Crippen molar-refractivity contribution in [1.29, 1.82) is 0 Å². The third-order valence-corrected chi connectivity index (χ3v) is 19.2. The fraction of sp³-hybridized carbons (Fsp3) is 0.783. The third-order valence-electron chi connectivity index (χ3n) is 17.3. The molecule has 0 rings (SSSR count). The van der Waals surface area contributed by atoms with E-state index in [2.05, 4.69) is 113 Å². The van der Waals surface area contributed by atoms with E-state index in [0.717, 1.165) is 186 Å². The summed E-state index contributed by atoms with van der Waals surface area (Å²) in [6.45, 7) is 4.80. The van der Waals surface area contributed by atoms with Gasteiger partial charge in [-0.05, 0) is 148 Å². The van der Waals surface area contributed by atoms with Crippen LogP contribution in [-0.4, -0.2) is 96.7 Å². The minimum Gasteiger partial charge on any atom is -0.462 e. The van der Waals surface area contributed by atoms with Crippen molar-refractivity contribution in [3.05, 3.63) is 85.1 Å². The van der Waals surface area contributed by atoms with Crippen LogP contribution in [0.1, 0.15) is 362 Å². The summed E-state index contributed by atoms with van der Waals surface area (Å²) in [5.41, 5.74) is 0. The number of phosphoric acid groups is 2. The van der Waals surface area contributed by atoms with Gasteiger partial charge in [-0.25, -0.2) is 9.13 Å². The van der Waals surface area contributed by atoms with E-state index >= 15 is 0 Å². The molecule has 0 spiro atoms. The zero-order valence-corrected chi connectivity index (χ0v) is 66.6. The monoisotopic (exact) mass is 1480 g/mol. The lowest BCUT2D eigenvalue weighted by Gasteiger charge is -2.21. The first-order chi connectivity index (χ1) is 49.7. The molecule has 0 bridgehead atoms. The Morgan fingerprint density at radius 2 is 0.480 bits per heavy atom. The van der Waals surface area contributed by atoms with Crippen LogP contribution in [-0.2, 0) is 65.4 Å². The Balaban J connectivity index is 5.37. The lowest BCUT2D eigenvalue weighted by atomic mass is 10.1. The van der Waals surface area contributed by atoms with Crippen molar-refractivity contribution in [3.8, 4) is 0 Å². The second-order valence-corrected chi connectivity index (χ2v) is 30.3. The van der Waals surface area contributed by atoms with Gasteiger partial charge in [-0.1, -0.05) is 273 Å². The number of ether oxygens (including phenoxy) is 4. The minimum absolute atomic E-state index is 0.0784. The molecule has 0 aliphatic carbocycles. The third kappa shape index (κ3) is 74.5. The van der Waals surface area contributed by atoms with E-state index < -0.39 is 97.5 Å². The predicted octanol–water partition coefficient (Wildman–Crippen LogP) is 23.8. The van der Waals surface area contributed by atoms with Crippen LogP contribution in [0.15, 0.2) is 85.1 Å². The standard InChI is InChI=1S/C83H148O17P2/c1-5-9-13-17-21-25-29-33-37-38-42-44-48-52-56-60-64-68-81(86)94-74-79(100-83(88)70-66-62-58-54-50-46-41-36-32-28-24-20-16-12-8-4)76-98-102(91,92)96-72-77(84)71-95-101(89,90)97-75-78(99-82(87)69-65-61-57-53-49-45-40-35-31-27-23-19-15-11-7-3)73-93-80(85)67-63-59-55-51-47-43-39-34-30-26-22-18-14-10-6-2/h21-22,24-26,28,33-37,39-41,77-79,84H,5-20,23,27,29-32,38,42-76H2,1-4H3,(H,89,90)(H,91,92). The highest BCUT2D eigenvalue weighted by Crippen LogP contribution is 2.45. The molecule has 19 heteroatoms. The molecule has 0 aliphatic heterocycles. The number of hydrogen-bond acceptors (Lipinski definition) is 15. The number of esters is 4. The molecule has 3 N–H and O–H groups in total. The van der Waals surface area contributed by atoms with Crippen molar-refractivity contribution in [1.82, 2.24) is 0 Å². The van der Waals surface area contributed by atoms with Gasteiger partial charge >= 0.3 is 39.5 Å². The van der Waals surface area contributed by atoms with Crippen molar-refractivity contribution < 1.29 is 80.2 Å². The Bertz CT molecular complexity index is 2260. The van der Waals surface area contributed by atoms with Gasteiger partial charge in [0, 0.05) is 25.7 Å². The molecular formula is C83H148O17P2. The zero-order chi connectivity index (χ0) is 74.6. The van der Waals surface area contributed by atoms with Crippen LogP contribution in [0.25, 0.3) is 0 Å². The lowest BCUT2D eigenvalue weighted by molar-refractivity contribution is -0.161. The Morgan fingerprint density at radius 3 is 0.755 bits per heavy atom. The van der Waals surface area contributed by atoms with Crippen molar-refractivity contribution in [3.63, 3.8) is 0 Å². The number of hydrogen-bond donors (Lipinski definition) is 3. The summed E-state index contributed by atoms with van der Waals surface area (Å²) in [7, 11) is -9.96. The first-order valence-electron chi connectivity index (χ1n) is 40.8. The predicted molar refractivity (Wildman–Crippen MR) is 418 cm³/mol. The summed E-state index contributed by atoms with van der Waals surface area (Å²) in [6.07, 6.45) is 78.3. The molecule has 17 nitrogen and oxygen atoms in total. The van der Waals surface area contributed by atoms with Gasteiger partial charge in [-0.3, -0.25) is 37.3 Å². The number of allylic oxidation sites excluding steroid dienone is 14. The fourth-order valence-corrected chi connectivity index (χ4v) is 12.6. The number of aliphatic hydroxyl groups is 1. The topological polar surface area (TPSA) is 237 Å². The van der Waals surface area contributed by atoms with E-state index in [4.69, 9.17) is 37.0 Å². The molecule has 0 aliphatic rings. The first kappa shape index (κ1) is 98.2. The largest absolute Gasteiger partial charge is 0.472 e. The van der Waals surface area contributed by atoms with Crippen molar-refractivity contribution in [2.45, 2.75) is 380 Å². The van der Waals surface area contributed by atoms with Crippen molar-refractivity contribution in [2.24, 2.45) is 0 Å². The second-order valence-electron chi connectivity index (χ2n) is 27.3. The van der Waals surface area contributed by atoms with E-state index in [-0.39, 0.29) is 25.7 Å². The van der Waals surface area contributed by atoms with Crippen LogP contribution in [0.3, 0.4) is 0 Å². The summed E-state index contributed by atoms with van der Waals surface area (Å²) in [5.74, 6) is -2.20. The minimum atomic E-state index is -4.98. The van der Waals surface area contributed by atoms with Gasteiger partial charge in [-0.15, -0.1) is 0 Å². The summed E-state index contributed by atoms with van der Waals surface area (Å²) in [4.78, 5) is 73.1. The van der Waals surface area contributed by atoms with Crippen LogP contribution in [0, 0.1) is 0 Å². The maximum atomic E-state index is 13.1. The number of phosphoric ester groups is 2. The van der Waals surface area contributed by atoms with Crippen LogP contribution < -0.4 is 0 Å². The van der Waals surface area contributed by atoms with Gasteiger partial charge in [0.25, 0.3) is 0 Å². The highest BCUT2D eigenvalue weighted by atomic mass is 31.2. The Labute approximate surface area is 621 Å². The van der Waals surface area contributed by atoms with Gasteiger partial charge in [0.05, 0.1) is 26.4 Å². The zero-order valence-electron chi connectivity index (χ0n) is 64.8. The van der Waals surface area contributed by atoms with Gasteiger partial charge in [0.1, 0.15) is 19.3 Å².